The van der Waals surface area contributed by atoms with E-state index in [1.807, 2.05) is 38.1 Å². The summed E-state index contributed by atoms with van der Waals surface area (Å²) in [5.41, 5.74) is 3.69. The van der Waals surface area contributed by atoms with E-state index < -0.39 is 5.91 Å². The van der Waals surface area contributed by atoms with Crippen LogP contribution in [0.25, 0.3) is 6.08 Å². The molecule has 0 aliphatic rings. The summed E-state index contributed by atoms with van der Waals surface area (Å²) in [5.74, 6) is -0.222. The smallest absolute Gasteiger partial charge is 0.266 e. The molecule has 0 heterocycles. The molecule has 3 rings (SSSR count). The molecule has 0 spiro atoms. The third-order valence-electron chi connectivity index (χ3n) is 4.87. The van der Waals surface area contributed by atoms with Crippen LogP contribution in [0.15, 0.2) is 60.2 Å². The van der Waals surface area contributed by atoms with E-state index in [0.29, 0.717) is 22.7 Å². The van der Waals surface area contributed by atoms with Crippen molar-refractivity contribution < 1.29 is 18.7 Å². The molecule has 1 amide bonds. The molecule has 33 heavy (non-hydrogen) atoms. The lowest BCUT2D eigenvalue weighted by Crippen LogP contribution is -2.14. The van der Waals surface area contributed by atoms with Crippen LogP contribution in [-0.2, 0) is 11.4 Å². The summed E-state index contributed by atoms with van der Waals surface area (Å²) in [6, 6.07) is 16.7. The maximum atomic E-state index is 13.1. The highest BCUT2D eigenvalue weighted by molar-refractivity contribution is 6.32. The van der Waals surface area contributed by atoms with Gasteiger partial charge < -0.3 is 14.8 Å². The van der Waals surface area contributed by atoms with Crippen molar-refractivity contribution in [3.05, 3.63) is 93.3 Å². The predicted octanol–water partition coefficient (Wildman–Crippen LogP) is 6.23. The van der Waals surface area contributed by atoms with E-state index in [9.17, 15) is 14.4 Å². The monoisotopic (exact) mass is 464 g/mol. The molecule has 0 atom stereocenters. The van der Waals surface area contributed by atoms with Gasteiger partial charge in [0.1, 0.15) is 24.1 Å². The van der Waals surface area contributed by atoms with E-state index in [1.165, 1.54) is 25.3 Å². The van der Waals surface area contributed by atoms with Gasteiger partial charge >= 0.3 is 0 Å². The van der Waals surface area contributed by atoms with Crippen molar-refractivity contribution in [2.24, 2.45) is 0 Å². The number of hydrogen-bond acceptors (Lipinski definition) is 4. The van der Waals surface area contributed by atoms with Crippen LogP contribution < -0.4 is 14.8 Å². The number of anilines is 1. The largest absolute Gasteiger partial charge is 0.493 e. The summed E-state index contributed by atoms with van der Waals surface area (Å²) in [6.45, 7) is 3.96. The van der Waals surface area contributed by atoms with Crippen molar-refractivity contribution in [2.45, 2.75) is 20.5 Å². The molecule has 5 nitrogen and oxygen atoms in total. The van der Waals surface area contributed by atoms with E-state index in [4.69, 9.17) is 21.1 Å². The van der Waals surface area contributed by atoms with Crippen LogP contribution in [0.4, 0.5) is 10.1 Å². The minimum Gasteiger partial charge on any atom is -0.493 e. The highest BCUT2D eigenvalue weighted by atomic mass is 35.5. The molecular formula is C26H22ClFN2O3. The molecule has 7 heteroatoms. The number of rotatable bonds is 7. The van der Waals surface area contributed by atoms with E-state index in [0.717, 1.165) is 16.7 Å². The summed E-state index contributed by atoms with van der Waals surface area (Å²) in [4.78, 5) is 12.7. The first kappa shape index (κ1) is 23.8. The highest BCUT2D eigenvalue weighted by Gasteiger charge is 2.15. The van der Waals surface area contributed by atoms with Gasteiger partial charge in [-0.15, -0.1) is 0 Å². The van der Waals surface area contributed by atoms with Gasteiger partial charge in [0.25, 0.3) is 5.91 Å². The summed E-state index contributed by atoms with van der Waals surface area (Å²) in [6.07, 6.45) is 1.43. The average molecular weight is 465 g/mol. The molecule has 0 bridgehead atoms. The second kappa shape index (κ2) is 10.7. The van der Waals surface area contributed by atoms with E-state index in [-0.39, 0.29) is 23.0 Å². The summed E-state index contributed by atoms with van der Waals surface area (Å²) in [7, 11) is 1.46. The number of nitrogens with one attached hydrogen (secondary N) is 1. The molecule has 168 valence electrons. The van der Waals surface area contributed by atoms with Crippen LogP contribution in [-0.4, -0.2) is 13.0 Å². The summed E-state index contributed by atoms with van der Waals surface area (Å²) >= 11 is 6.40. The molecule has 0 radical (unpaired) electrons. The minimum absolute atomic E-state index is 0.0889. The molecule has 3 aromatic carbocycles. The Morgan fingerprint density at radius 2 is 1.88 bits per heavy atom. The molecule has 1 N–H and O–H groups in total. The molecule has 0 saturated carbocycles. The zero-order valence-electron chi connectivity index (χ0n) is 18.4. The number of ether oxygens (including phenoxy) is 2. The molecular weight excluding hydrogens is 443 g/mol. The van der Waals surface area contributed by atoms with Crippen LogP contribution in [0.3, 0.4) is 0 Å². The number of nitrogens with zero attached hydrogens (tertiary/aromatic N) is 1. The molecule has 0 aliphatic heterocycles. The Kier molecular flexibility index (Phi) is 7.70. The van der Waals surface area contributed by atoms with Crippen molar-refractivity contribution >= 4 is 29.3 Å². The molecule has 0 unspecified atom stereocenters. The van der Waals surface area contributed by atoms with E-state index >= 15 is 0 Å². The van der Waals surface area contributed by atoms with Crippen LogP contribution in [0, 0.1) is 31.0 Å². The van der Waals surface area contributed by atoms with Crippen LogP contribution in [0.2, 0.25) is 5.02 Å². The maximum absolute atomic E-state index is 13.1. The Hall–Kier alpha value is -3.82. The summed E-state index contributed by atoms with van der Waals surface area (Å²) < 4.78 is 24.3. The Balaban J connectivity index is 1.83. The van der Waals surface area contributed by atoms with Gasteiger partial charge in [-0.1, -0.05) is 35.9 Å². The minimum atomic E-state index is -0.530. The Bertz CT molecular complexity index is 1250. The first-order valence-corrected chi connectivity index (χ1v) is 10.4. The third-order valence-corrected chi connectivity index (χ3v) is 5.15. The number of halogens is 2. The normalized spacial score (nSPS) is 11.0. The first-order valence-electron chi connectivity index (χ1n) is 10.1. The number of carbonyl (C=O) groups excluding carboxylic acids is 1. The Labute approximate surface area is 197 Å². The SMILES string of the molecule is COc1cc(/C=C(\C#N)C(=O)Nc2cc(C)ccc2C)cc(Cl)c1OCc1ccc(F)cc1. The summed E-state index contributed by atoms with van der Waals surface area (Å²) in [5, 5.41) is 12.6. The second-order valence-corrected chi connectivity index (χ2v) is 7.80. The zero-order chi connectivity index (χ0) is 24.0. The van der Waals surface area contributed by atoms with Crippen molar-refractivity contribution in [1.82, 2.24) is 0 Å². The van der Waals surface area contributed by atoms with Gasteiger partial charge in [0.05, 0.1) is 12.1 Å². The highest BCUT2D eigenvalue weighted by Crippen LogP contribution is 2.37. The molecule has 3 aromatic rings. The van der Waals surface area contributed by atoms with Crippen molar-refractivity contribution in [3.63, 3.8) is 0 Å². The average Bonchev–Trinajstić information content (AvgIpc) is 2.79. The van der Waals surface area contributed by atoms with Gasteiger partial charge in [0, 0.05) is 5.69 Å². The predicted molar refractivity (Wildman–Crippen MR) is 127 cm³/mol. The van der Waals surface area contributed by atoms with Crippen LogP contribution in [0.1, 0.15) is 22.3 Å². The van der Waals surface area contributed by atoms with Gasteiger partial charge in [-0.2, -0.15) is 5.26 Å². The lowest BCUT2D eigenvalue weighted by molar-refractivity contribution is -0.112. The molecule has 0 aromatic heterocycles. The number of benzene rings is 3. The zero-order valence-corrected chi connectivity index (χ0v) is 19.2. The maximum Gasteiger partial charge on any atom is 0.266 e. The molecule has 0 aliphatic carbocycles. The van der Waals surface area contributed by atoms with Gasteiger partial charge in [-0.25, -0.2) is 4.39 Å². The van der Waals surface area contributed by atoms with E-state index in [1.54, 1.807) is 24.3 Å². The first-order chi connectivity index (χ1) is 15.8. The lowest BCUT2D eigenvalue weighted by atomic mass is 10.1. The van der Waals surface area contributed by atoms with Gasteiger partial charge in [-0.3, -0.25) is 4.79 Å². The standard InChI is InChI=1S/C26H22ClFN2O3/c1-16-4-5-17(2)23(10-16)30-26(31)20(14-29)11-19-12-22(27)25(24(13-19)32-3)33-15-18-6-8-21(28)9-7-18/h4-13H,15H2,1-3H3,(H,30,31)/b20-11+. The van der Waals surface area contributed by atoms with Gasteiger partial charge in [-0.05, 0) is 72.5 Å². The second-order valence-electron chi connectivity index (χ2n) is 7.39. The van der Waals surface area contributed by atoms with Crippen molar-refractivity contribution in [3.8, 4) is 17.6 Å². The fourth-order valence-corrected chi connectivity index (χ4v) is 3.35. The fraction of sp³-hybridized carbons (Fsp3) is 0.154. The van der Waals surface area contributed by atoms with Crippen LogP contribution in [0.5, 0.6) is 11.5 Å². The molecule has 0 fully saturated rings. The van der Waals surface area contributed by atoms with Gasteiger partial charge in [0.2, 0.25) is 0 Å². The van der Waals surface area contributed by atoms with Crippen LogP contribution >= 0.6 is 11.6 Å². The van der Waals surface area contributed by atoms with Crippen molar-refractivity contribution in [2.75, 3.05) is 12.4 Å². The Morgan fingerprint density at radius 3 is 2.55 bits per heavy atom. The number of nitriles is 1. The molecule has 0 saturated heterocycles. The number of hydrogen-bond donors (Lipinski definition) is 1. The topological polar surface area (TPSA) is 71.3 Å². The fourth-order valence-electron chi connectivity index (χ4n) is 3.07. The lowest BCUT2D eigenvalue weighted by Gasteiger charge is -2.14. The van der Waals surface area contributed by atoms with E-state index in [2.05, 4.69) is 5.32 Å². The van der Waals surface area contributed by atoms with Crippen molar-refractivity contribution in [1.29, 1.82) is 5.26 Å². The Morgan fingerprint density at radius 1 is 1.15 bits per heavy atom. The number of methoxy groups -OCH3 is 1. The number of amides is 1. The number of carbonyl (C=O) groups is 1. The van der Waals surface area contributed by atoms with Gasteiger partial charge in [0.15, 0.2) is 11.5 Å². The number of aryl methyl sites for hydroxylation is 2. The third kappa shape index (κ3) is 6.12. The quantitative estimate of drug-likeness (QED) is 0.332.